The van der Waals surface area contributed by atoms with Crippen LogP contribution in [0.25, 0.3) is 0 Å². The average molecular weight is 241 g/mol. The molecule has 7 heteroatoms. The molecule has 1 rings (SSSR count). The fourth-order valence-corrected chi connectivity index (χ4v) is 1.12. The van der Waals surface area contributed by atoms with Crippen molar-refractivity contribution in [3.05, 3.63) is 29.8 Å². The lowest BCUT2D eigenvalue weighted by Crippen LogP contribution is -2.29. The van der Waals surface area contributed by atoms with Crippen molar-refractivity contribution in [2.45, 2.75) is 18.8 Å². The predicted molar refractivity (Wildman–Crippen MR) is 46.1 cm³/mol. The van der Waals surface area contributed by atoms with Crippen LogP contribution in [0.4, 0.5) is 22.0 Å². The molecule has 0 aliphatic carbocycles. The van der Waals surface area contributed by atoms with Gasteiger partial charge in [0.1, 0.15) is 11.8 Å². The lowest BCUT2D eigenvalue weighted by molar-refractivity contribution is -0.150. The molecule has 0 radical (unpaired) electrons. The third kappa shape index (κ3) is 3.06. The Morgan fingerprint density at radius 2 is 1.69 bits per heavy atom. The molecule has 0 bridgehead atoms. The molecule has 1 aromatic carbocycles. The topological polar surface area (TPSA) is 35.2 Å². The number of hydrogen-bond acceptors (Lipinski definition) is 2. The van der Waals surface area contributed by atoms with Gasteiger partial charge in [-0.05, 0) is 6.07 Å². The van der Waals surface area contributed by atoms with E-state index in [9.17, 15) is 22.0 Å². The van der Waals surface area contributed by atoms with Crippen LogP contribution in [0.1, 0.15) is 11.6 Å². The highest BCUT2D eigenvalue weighted by Crippen LogP contribution is 2.35. The molecule has 0 spiro atoms. The normalized spacial score (nSPS) is 13.9. The summed E-state index contributed by atoms with van der Waals surface area (Å²) < 4.78 is 64.6. The Balaban J connectivity index is 3.03. The molecule has 0 aliphatic heterocycles. The number of hydrogen-bond donors (Lipinski definition) is 1. The quantitative estimate of drug-likeness (QED) is 0.826. The van der Waals surface area contributed by atoms with Crippen LogP contribution in [0.2, 0.25) is 0 Å². The fourth-order valence-electron chi connectivity index (χ4n) is 1.12. The first-order valence-corrected chi connectivity index (χ1v) is 4.18. The summed E-state index contributed by atoms with van der Waals surface area (Å²) >= 11 is 0. The van der Waals surface area contributed by atoms with Gasteiger partial charge in [0.15, 0.2) is 0 Å². The summed E-state index contributed by atoms with van der Waals surface area (Å²) in [6.07, 6.45) is -4.71. The SMILES string of the molecule is N[C@@H](c1ccccc1OC(F)F)C(F)(F)F. The van der Waals surface area contributed by atoms with Crippen molar-refractivity contribution in [1.29, 1.82) is 0 Å². The molecule has 90 valence electrons. The first-order chi connectivity index (χ1) is 7.32. The van der Waals surface area contributed by atoms with Gasteiger partial charge in [-0.15, -0.1) is 0 Å². The van der Waals surface area contributed by atoms with Crippen LogP contribution in [0.3, 0.4) is 0 Å². The summed E-state index contributed by atoms with van der Waals surface area (Å²) in [5, 5.41) is 0. The number of benzene rings is 1. The molecule has 2 nitrogen and oxygen atoms in total. The maximum absolute atomic E-state index is 12.3. The summed E-state index contributed by atoms with van der Waals surface area (Å²) in [4.78, 5) is 0. The van der Waals surface area contributed by atoms with E-state index in [-0.39, 0.29) is 0 Å². The van der Waals surface area contributed by atoms with Crippen molar-refractivity contribution in [1.82, 2.24) is 0 Å². The van der Waals surface area contributed by atoms with Gasteiger partial charge in [0.25, 0.3) is 0 Å². The second-order valence-electron chi connectivity index (χ2n) is 2.94. The van der Waals surface area contributed by atoms with Gasteiger partial charge in [-0.3, -0.25) is 0 Å². The summed E-state index contributed by atoms with van der Waals surface area (Å²) in [6.45, 7) is -3.19. The lowest BCUT2D eigenvalue weighted by atomic mass is 10.1. The maximum atomic E-state index is 12.3. The third-order valence-electron chi connectivity index (χ3n) is 1.82. The molecule has 2 N–H and O–H groups in total. The van der Waals surface area contributed by atoms with Gasteiger partial charge in [0.05, 0.1) is 0 Å². The van der Waals surface area contributed by atoms with Crippen LogP contribution in [-0.2, 0) is 0 Å². The zero-order valence-corrected chi connectivity index (χ0v) is 7.84. The lowest BCUT2D eigenvalue weighted by Gasteiger charge is -2.18. The molecule has 0 heterocycles. The number of ether oxygens (including phenoxy) is 1. The van der Waals surface area contributed by atoms with Crippen LogP contribution in [0.5, 0.6) is 5.75 Å². The number of rotatable bonds is 3. The monoisotopic (exact) mass is 241 g/mol. The Bertz CT molecular complexity index is 352. The molecule has 0 saturated carbocycles. The van der Waals surface area contributed by atoms with E-state index in [0.717, 1.165) is 12.1 Å². The minimum absolute atomic E-state index is 0.518. The molecule has 0 fully saturated rings. The molecule has 0 aromatic heterocycles. The maximum Gasteiger partial charge on any atom is 0.407 e. The van der Waals surface area contributed by atoms with E-state index < -0.39 is 30.1 Å². The zero-order valence-electron chi connectivity index (χ0n) is 7.84. The molecule has 1 atom stereocenters. The van der Waals surface area contributed by atoms with Crippen molar-refractivity contribution >= 4 is 0 Å². The zero-order chi connectivity index (χ0) is 12.3. The average Bonchev–Trinajstić information content (AvgIpc) is 2.15. The minimum atomic E-state index is -4.71. The highest BCUT2D eigenvalue weighted by molar-refractivity contribution is 5.36. The second kappa shape index (κ2) is 4.65. The fraction of sp³-hybridized carbons (Fsp3) is 0.333. The van der Waals surface area contributed by atoms with Crippen molar-refractivity contribution < 1.29 is 26.7 Å². The highest BCUT2D eigenvalue weighted by atomic mass is 19.4. The van der Waals surface area contributed by atoms with E-state index in [1.165, 1.54) is 12.1 Å². The molecule has 0 unspecified atom stereocenters. The number of alkyl halides is 5. The largest absolute Gasteiger partial charge is 0.434 e. The van der Waals surface area contributed by atoms with E-state index in [1.807, 2.05) is 0 Å². The number of para-hydroxylation sites is 1. The van der Waals surface area contributed by atoms with Gasteiger partial charge < -0.3 is 10.5 Å². The molecule has 16 heavy (non-hydrogen) atoms. The Morgan fingerprint density at radius 1 is 1.12 bits per heavy atom. The van der Waals surface area contributed by atoms with Crippen molar-refractivity contribution in [2.24, 2.45) is 5.73 Å². The van der Waals surface area contributed by atoms with Gasteiger partial charge in [-0.2, -0.15) is 22.0 Å². The number of nitrogens with two attached hydrogens (primary N) is 1. The van der Waals surface area contributed by atoms with Crippen molar-refractivity contribution in [2.75, 3.05) is 0 Å². The van der Waals surface area contributed by atoms with Gasteiger partial charge in [0.2, 0.25) is 0 Å². The Kier molecular flexibility index (Phi) is 3.69. The van der Waals surface area contributed by atoms with E-state index >= 15 is 0 Å². The summed E-state index contributed by atoms with van der Waals surface area (Å²) in [5.74, 6) is -0.567. The predicted octanol–water partition coefficient (Wildman–Crippen LogP) is 2.85. The van der Waals surface area contributed by atoms with Crippen LogP contribution >= 0.6 is 0 Å². The molecular formula is C9H8F5NO. The van der Waals surface area contributed by atoms with Crippen LogP contribution in [-0.4, -0.2) is 12.8 Å². The minimum Gasteiger partial charge on any atom is -0.434 e. The van der Waals surface area contributed by atoms with Crippen molar-refractivity contribution in [3.63, 3.8) is 0 Å². The van der Waals surface area contributed by atoms with Gasteiger partial charge in [0, 0.05) is 5.56 Å². The van der Waals surface area contributed by atoms with E-state index in [2.05, 4.69) is 4.74 Å². The van der Waals surface area contributed by atoms with Gasteiger partial charge in [-0.1, -0.05) is 18.2 Å². The van der Waals surface area contributed by atoms with Gasteiger partial charge in [-0.25, -0.2) is 0 Å². The summed E-state index contributed by atoms with van der Waals surface area (Å²) in [7, 11) is 0. The standard InChI is InChI=1S/C9H8F5NO/c10-8(11)16-6-4-2-1-3-5(6)7(15)9(12,13)14/h1-4,7-8H,15H2/t7-/m0/s1. The van der Waals surface area contributed by atoms with Crippen LogP contribution < -0.4 is 10.5 Å². The molecule has 0 amide bonds. The smallest absolute Gasteiger partial charge is 0.407 e. The molecule has 0 aliphatic rings. The first-order valence-electron chi connectivity index (χ1n) is 4.18. The van der Waals surface area contributed by atoms with E-state index in [1.54, 1.807) is 0 Å². The van der Waals surface area contributed by atoms with E-state index in [4.69, 9.17) is 5.73 Å². The molecular weight excluding hydrogens is 233 g/mol. The Hall–Kier alpha value is -1.37. The second-order valence-corrected chi connectivity index (χ2v) is 2.94. The van der Waals surface area contributed by atoms with Crippen LogP contribution in [0.15, 0.2) is 24.3 Å². The van der Waals surface area contributed by atoms with Crippen LogP contribution in [0, 0.1) is 0 Å². The Labute approximate surface area is 87.8 Å². The van der Waals surface area contributed by atoms with Crippen molar-refractivity contribution in [3.8, 4) is 5.75 Å². The summed E-state index contributed by atoms with van der Waals surface area (Å²) in [6, 6.07) is 2.20. The summed E-state index contributed by atoms with van der Waals surface area (Å²) in [5.41, 5.74) is 4.38. The molecule has 1 aromatic rings. The van der Waals surface area contributed by atoms with Gasteiger partial charge >= 0.3 is 12.8 Å². The number of halogens is 5. The first kappa shape index (κ1) is 12.7. The van der Waals surface area contributed by atoms with E-state index in [0.29, 0.717) is 0 Å². The third-order valence-corrected chi connectivity index (χ3v) is 1.82. The highest BCUT2D eigenvalue weighted by Gasteiger charge is 2.39. The Morgan fingerprint density at radius 3 is 2.19 bits per heavy atom. The molecule has 0 saturated heterocycles.